The van der Waals surface area contributed by atoms with E-state index in [0.29, 0.717) is 0 Å². The van der Waals surface area contributed by atoms with E-state index in [2.05, 4.69) is 42.2 Å². The average Bonchev–Trinajstić information content (AvgIpc) is 3.73. The van der Waals surface area contributed by atoms with Gasteiger partial charge in [-0.2, -0.15) is 4.98 Å². The van der Waals surface area contributed by atoms with Crippen LogP contribution in [0.15, 0.2) is 35.3 Å². The van der Waals surface area contributed by atoms with Crippen molar-refractivity contribution < 1.29 is 46.5 Å². The van der Waals surface area contributed by atoms with Crippen LogP contribution in [0, 0.1) is 0 Å². The summed E-state index contributed by atoms with van der Waals surface area (Å²) >= 11 is 9.25. The van der Waals surface area contributed by atoms with Crippen molar-refractivity contribution in [2.75, 3.05) is 18.1 Å². The number of H-pyrrole nitrogens is 1. The Kier molecular flexibility index (Phi) is 7.63. The number of hydrogen-bond acceptors (Lipinski definition) is 17. The Hall–Kier alpha value is -3.24. The monoisotopic (exact) mass is 720 g/mol. The molecule has 4 aromatic heterocycles. The van der Waals surface area contributed by atoms with Crippen LogP contribution in [0.25, 0.3) is 22.3 Å². The van der Waals surface area contributed by atoms with Crippen molar-refractivity contribution in [3.63, 3.8) is 0 Å². The molecule has 9 atom stereocenters. The second-order valence-corrected chi connectivity index (χ2v) is 15.8. The van der Waals surface area contributed by atoms with Crippen LogP contribution in [0.1, 0.15) is 19.4 Å². The molecule has 2 unspecified atom stereocenters. The van der Waals surface area contributed by atoms with E-state index in [1.807, 2.05) is 0 Å². The molecule has 46 heavy (non-hydrogen) atoms. The first-order chi connectivity index (χ1) is 21.7. The summed E-state index contributed by atoms with van der Waals surface area (Å²) in [5.74, 6) is -0.874. The topological polar surface area (TPSA) is 272 Å². The molecule has 3 aliphatic rings. The molecule has 0 aliphatic carbocycles. The fourth-order valence-corrected chi connectivity index (χ4v) is 8.35. The van der Waals surface area contributed by atoms with E-state index >= 15 is 4.39 Å². The van der Waals surface area contributed by atoms with Crippen LogP contribution in [-0.2, 0) is 43.9 Å². The zero-order chi connectivity index (χ0) is 32.7. The normalized spacial score (nSPS) is 35.3. The van der Waals surface area contributed by atoms with Crippen LogP contribution in [-0.4, -0.2) is 86.2 Å². The maximum Gasteiger partial charge on any atom is 0.387 e. The number of aliphatic hydroxyl groups is 1. The molecule has 7 heterocycles. The molecule has 25 heteroatoms. The SMILES string of the molecule is C[C@H]1OP(O)(=S)OC2=C(COP(=O)(S)O[C@H]3[C@@H](F)[C@H](n4cnc5c(=O)[nH]c(N)nc54)O[C@@H]31)O[C@@H](n1cnc3c(N)ncnc31)[C@@H]2O. The average molecular weight is 721 g/mol. The maximum atomic E-state index is 16.2. The second-order valence-electron chi connectivity index (χ2n) is 10.2. The van der Waals surface area contributed by atoms with E-state index in [1.54, 1.807) is 0 Å². The van der Waals surface area contributed by atoms with E-state index in [9.17, 15) is 19.4 Å². The first kappa shape index (κ1) is 31.4. The van der Waals surface area contributed by atoms with Crippen LogP contribution in [0.4, 0.5) is 16.2 Å². The van der Waals surface area contributed by atoms with Gasteiger partial charge in [0.15, 0.2) is 52.7 Å². The number of nitrogens with zero attached hydrogens (tertiary/aromatic N) is 7. The van der Waals surface area contributed by atoms with E-state index in [4.69, 9.17) is 50.8 Å². The zero-order valence-corrected chi connectivity index (χ0v) is 26.6. The summed E-state index contributed by atoms with van der Waals surface area (Å²) in [5, 5.41) is 11.2. The summed E-state index contributed by atoms with van der Waals surface area (Å²) in [7, 11) is 0. The van der Waals surface area contributed by atoms with Crippen molar-refractivity contribution in [1.29, 1.82) is 0 Å². The van der Waals surface area contributed by atoms with Gasteiger partial charge < -0.3 is 35.5 Å². The van der Waals surface area contributed by atoms with Gasteiger partial charge in [0.2, 0.25) is 12.2 Å². The van der Waals surface area contributed by atoms with E-state index in [-0.39, 0.29) is 39.9 Å². The lowest BCUT2D eigenvalue weighted by atomic mass is 10.1. The third-order valence-corrected chi connectivity index (χ3v) is 10.4. The van der Waals surface area contributed by atoms with Gasteiger partial charge in [0.1, 0.15) is 37.0 Å². The predicted octanol–water partition coefficient (Wildman–Crippen LogP) is 0.552. The van der Waals surface area contributed by atoms with Gasteiger partial charge in [0, 0.05) is 11.8 Å². The van der Waals surface area contributed by atoms with Gasteiger partial charge in [0.25, 0.3) is 5.56 Å². The molecule has 0 saturated carbocycles. The molecule has 0 amide bonds. The maximum absolute atomic E-state index is 16.2. The highest BCUT2D eigenvalue weighted by Crippen LogP contribution is 2.59. The lowest BCUT2D eigenvalue weighted by Gasteiger charge is -2.30. The third-order valence-electron chi connectivity index (χ3n) is 7.26. The number of anilines is 2. The minimum absolute atomic E-state index is 0.0699. The molecule has 20 nitrogen and oxygen atoms in total. The molecule has 246 valence electrons. The smallest absolute Gasteiger partial charge is 0.387 e. The van der Waals surface area contributed by atoms with Crippen molar-refractivity contribution in [1.82, 2.24) is 39.0 Å². The Morgan fingerprint density at radius 2 is 1.83 bits per heavy atom. The summed E-state index contributed by atoms with van der Waals surface area (Å²) in [5.41, 5.74) is 11.0. The Morgan fingerprint density at radius 3 is 2.59 bits per heavy atom. The van der Waals surface area contributed by atoms with Gasteiger partial charge in [-0.3, -0.25) is 32.5 Å². The molecular formula is C21H23FN10O10P2S2. The second kappa shape index (κ2) is 11.2. The van der Waals surface area contributed by atoms with Crippen molar-refractivity contribution in [2.24, 2.45) is 0 Å². The van der Waals surface area contributed by atoms with Gasteiger partial charge in [0.05, 0.1) is 12.4 Å². The minimum atomic E-state index is -4.45. The molecule has 0 bridgehead atoms. The Labute approximate surface area is 265 Å². The predicted molar refractivity (Wildman–Crippen MR) is 160 cm³/mol. The zero-order valence-electron chi connectivity index (χ0n) is 23.1. The van der Waals surface area contributed by atoms with Crippen molar-refractivity contribution in [2.45, 2.75) is 50.0 Å². The number of thiol groups is 1. The number of rotatable bonds is 2. The van der Waals surface area contributed by atoms with Crippen LogP contribution in [0.3, 0.4) is 0 Å². The number of nitrogens with one attached hydrogen (secondary N) is 1. The molecule has 0 spiro atoms. The number of hydrogen-bond donors (Lipinski definition) is 6. The molecule has 7 rings (SSSR count). The third kappa shape index (κ3) is 5.35. The first-order valence-electron chi connectivity index (χ1n) is 13.1. The van der Waals surface area contributed by atoms with Gasteiger partial charge in [-0.15, -0.1) is 0 Å². The van der Waals surface area contributed by atoms with Gasteiger partial charge >= 0.3 is 13.5 Å². The summed E-state index contributed by atoms with van der Waals surface area (Å²) in [6, 6.07) is 0. The number of aromatic amines is 1. The summed E-state index contributed by atoms with van der Waals surface area (Å²) in [6.07, 6.45) is -7.50. The van der Waals surface area contributed by atoms with Crippen molar-refractivity contribution >= 4 is 71.7 Å². The number of ether oxygens (including phenoxy) is 2. The largest absolute Gasteiger partial charge is 0.465 e. The quantitative estimate of drug-likeness (QED) is 0.122. The molecule has 4 aromatic rings. The van der Waals surface area contributed by atoms with Crippen molar-refractivity contribution in [3.8, 4) is 0 Å². The van der Waals surface area contributed by atoms with Gasteiger partial charge in [-0.05, 0) is 6.92 Å². The first-order valence-corrected chi connectivity index (χ1v) is 18.4. The molecule has 3 aliphatic heterocycles. The van der Waals surface area contributed by atoms with Gasteiger partial charge in [-0.1, -0.05) is 12.2 Å². The highest BCUT2D eigenvalue weighted by molar-refractivity contribution is 8.44. The lowest BCUT2D eigenvalue weighted by Crippen LogP contribution is -2.38. The van der Waals surface area contributed by atoms with Crippen LogP contribution < -0.4 is 17.0 Å². The number of halogens is 1. The van der Waals surface area contributed by atoms with Gasteiger partial charge in [-0.25, -0.2) is 28.9 Å². The molecular weight excluding hydrogens is 697 g/mol. The van der Waals surface area contributed by atoms with E-state index in [1.165, 1.54) is 24.1 Å². The number of fused-ring (bicyclic) bond motifs is 3. The number of aliphatic hydroxyl groups excluding tert-OH is 1. The van der Waals surface area contributed by atoms with Crippen LogP contribution in [0.2, 0.25) is 0 Å². The number of imidazole rings is 2. The molecule has 1 fully saturated rings. The molecule has 7 N–H and O–H groups in total. The van der Waals surface area contributed by atoms with Crippen molar-refractivity contribution in [3.05, 3.63) is 40.9 Å². The molecule has 0 radical (unpaired) electrons. The molecule has 0 aromatic carbocycles. The van der Waals surface area contributed by atoms with Crippen LogP contribution in [0.5, 0.6) is 0 Å². The molecule has 1 saturated heterocycles. The summed E-state index contributed by atoms with van der Waals surface area (Å²) in [4.78, 5) is 45.8. The standard InChI is InChI=1S/C21H23FN10O10P2S2/c1-6-12-14(8(22)19(39-12)32-5-28-10-17(32)29-21(24)30-18(10)34)42-43(35,45)37-2-7-13(41-44(36,46)40-6)11(33)20(38-7)31-4-27-9-15(23)25-3-26-16(9)31/h3-6,8,11-12,14,19-20,33H,2H2,1H3,(H,35,45)(H,36,46)(H2,23,25,26)(H3,24,29,30,34)/t6-,8-,11-,12-,14+,19-,20-,43?,44?/m1/s1. The Morgan fingerprint density at radius 1 is 1.11 bits per heavy atom. The number of aromatic nitrogens is 8. The van der Waals surface area contributed by atoms with E-state index < -0.39 is 74.5 Å². The minimum Gasteiger partial charge on any atom is -0.465 e. The van der Waals surface area contributed by atoms with E-state index in [0.717, 1.165) is 10.9 Å². The summed E-state index contributed by atoms with van der Waals surface area (Å²) < 4.78 is 66.1. The number of alkyl halides is 1. The summed E-state index contributed by atoms with van der Waals surface area (Å²) in [6.45, 7) is -8.13. The fourth-order valence-electron chi connectivity index (χ4n) is 5.28. The fraction of sp³-hybridized carbons (Fsp3) is 0.429. The number of nitrogen functional groups attached to an aromatic ring is 2. The highest BCUT2D eigenvalue weighted by Gasteiger charge is 2.54. The Bertz CT molecular complexity index is 2060. The van der Waals surface area contributed by atoms with Crippen LogP contribution >= 0.6 is 25.8 Å². The highest BCUT2D eigenvalue weighted by atomic mass is 32.7. The lowest BCUT2D eigenvalue weighted by molar-refractivity contribution is -0.0696. The Balaban J connectivity index is 1.20. The number of nitrogens with two attached hydrogens (primary N) is 2.